The molecule has 0 spiro atoms. The third-order valence-electron chi connectivity index (χ3n) is 3.11. The zero-order valence-corrected chi connectivity index (χ0v) is 11.2. The van der Waals surface area contributed by atoms with Crippen LogP contribution in [0.1, 0.15) is 6.92 Å². The summed E-state index contributed by atoms with van der Waals surface area (Å²) in [5, 5.41) is 6.85. The lowest BCUT2D eigenvalue weighted by atomic mass is 10.2. The van der Waals surface area contributed by atoms with Gasteiger partial charge in [0.1, 0.15) is 0 Å². The van der Waals surface area contributed by atoms with E-state index in [0.29, 0.717) is 17.6 Å². The van der Waals surface area contributed by atoms with E-state index in [1.807, 2.05) is 0 Å². The predicted octanol–water partition coefficient (Wildman–Crippen LogP) is 1.57. The molecule has 1 amide bonds. The predicted molar refractivity (Wildman–Crippen MR) is 74.0 cm³/mol. The third kappa shape index (κ3) is 3.70. The van der Waals surface area contributed by atoms with Crippen molar-refractivity contribution in [2.24, 2.45) is 0 Å². The average molecular weight is 268 g/mol. The Balaban J connectivity index is 1.86. The number of carbonyl (C=O) groups is 1. The van der Waals surface area contributed by atoms with Crippen LogP contribution in [0, 0.1) is 0 Å². The monoisotopic (exact) mass is 267 g/mol. The molecule has 1 atom stereocenters. The number of rotatable bonds is 3. The van der Waals surface area contributed by atoms with Crippen molar-refractivity contribution >= 4 is 23.2 Å². The van der Waals surface area contributed by atoms with Crippen molar-refractivity contribution in [2.45, 2.75) is 13.0 Å². The SMILES string of the molecule is CC1CNCCN1CC(=O)Nc1ccc(Cl)cc1. The topological polar surface area (TPSA) is 44.4 Å². The number of nitrogens with one attached hydrogen (secondary N) is 2. The van der Waals surface area contributed by atoms with Gasteiger partial charge in [-0.3, -0.25) is 9.69 Å². The van der Waals surface area contributed by atoms with Gasteiger partial charge in [0.2, 0.25) is 5.91 Å². The van der Waals surface area contributed by atoms with Crippen molar-refractivity contribution in [3.63, 3.8) is 0 Å². The van der Waals surface area contributed by atoms with E-state index >= 15 is 0 Å². The first-order valence-corrected chi connectivity index (χ1v) is 6.53. The molecule has 1 heterocycles. The summed E-state index contributed by atoms with van der Waals surface area (Å²) < 4.78 is 0. The van der Waals surface area contributed by atoms with Gasteiger partial charge in [-0.2, -0.15) is 0 Å². The highest BCUT2D eigenvalue weighted by molar-refractivity contribution is 6.30. The molecule has 0 aromatic heterocycles. The van der Waals surface area contributed by atoms with Crippen LogP contribution in [-0.4, -0.2) is 43.0 Å². The fourth-order valence-electron chi connectivity index (χ4n) is 2.04. The van der Waals surface area contributed by atoms with E-state index in [1.165, 1.54) is 0 Å². The highest BCUT2D eigenvalue weighted by atomic mass is 35.5. The smallest absolute Gasteiger partial charge is 0.238 e. The Morgan fingerprint density at radius 2 is 2.22 bits per heavy atom. The number of hydrogen-bond donors (Lipinski definition) is 2. The molecule has 0 saturated carbocycles. The summed E-state index contributed by atoms with van der Waals surface area (Å²) in [5.41, 5.74) is 0.784. The van der Waals surface area contributed by atoms with Crippen LogP contribution in [0.2, 0.25) is 5.02 Å². The number of amides is 1. The van der Waals surface area contributed by atoms with Gasteiger partial charge < -0.3 is 10.6 Å². The van der Waals surface area contributed by atoms with Gasteiger partial charge >= 0.3 is 0 Å². The van der Waals surface area contributed by atoms with Gasteiger partial charge in [-0.25, -0.2) is 0 Å². The van der Waals surface area contributed by atoms with E-state index in [0.717, 1.165) is 25.3 Å². The molecule has 0 radical (unpaired) electrons. The Morgan fingerprint density at radius 3 is 2.89 bits per heavy atom. The molecule has 0 bridgehead atoms. The minimum Gasteiger partial charge on any atom is -0.325 e. The second-order valence-electron chi connectivity index (χ2n) is 4.58. The maximum atomic E-state index is 11.9. The number of benzene rings is 1. The molecule has 1 aliphatic rings. The number of piperazine rings is 1. The largest absolute Gasteiger partial charge is 0.325 e. The fraction of sp³-hybridized carbons (Fsp3) is 0.462. The molecule has 1 saturated heterocycles. The van der Waals surface area contributed by atoms with Crippen molar-refractivity contribution < 1.29 is 4.79 Å². The van der Waals surface area contributed by atoms with Gasteiger partial charge in [-0.1, -0.05) is 11.6 Å². The normalized spacial score (nSPS) is 20.7. The van der Waals surface area contributed by atoms with Crippen LogP contribution in [-0.2, 0) is 4.79 Å². The molecule has 98 valence electrons. The molecule has 1 aromatic carbocycles. The van der Waals surface area contributed by atoms with Gasteiger partial charge in [-0.15, -0.1) is 0 Å². The average Bonchev–Trinajstić information content (AvgIpc) is 2.35. The molecule has 18 heavy (non-hydrogen) atoms. The van der Waals surface area contributed by atoms with Gasteiger partial charge in [0.25, 0.3) is 0 Å². The molecule has 2 N–H and O–H groups in total. The zero-order chi connectivity index (χ0) is 13.0. The maximum Gasteiger partial charge on any atom is 0.238 e. The van der Waals surface area contributed by atoms with Crippen molar-refractivity contribution in [1.29, 1.82) is 0 Å². The fourth-order valence-corrected chi connectivity index (χ4v) is 2.16. The maximum absolute atomic E-state index is 11.9. The lowest BCUT2D eigenvalue weighted by Gasteiger charge is -2.33. The molecule has 5 heteroatoms. The van der Waals surface area contributed by atoms with E-state index in [4.69, 9.17) is 11.6 Å². The summed E-state index contributed by atoms with van der Waals surface area (Å²) in [4.78, 5) is 14.1. The molecular weight excluding hydrogens is 250 g/mol. The van der Waals surface area contributed by atoms with Crippen molar-refractivity contribution in [2.75, 3.05) is 31.5 Å². The Kier molecular flexibility index (Phi) is 4.58. The van der Waals surface area contributed by atoms with Crippen LogP contribution >= 0.6 is 11.6 Å². The van der Waals surface area contributed by atoms with Gasteiger partial charge in [0.15, 0.2) is 0 Å². The van der Waals surface area contributed by atoms with E-state index < -0.39 is 0 Å². The summed E-state index contributed by atoms with van der Waals surface area (Å²) in [7, 11) is 0. The third-order valence-corrected chi connectivity index (χ3v) is 3.37. The van der Waals surface area contributed by atoms with Crippen molar-refractivity contribution in [1.82, 2.24) is 10.2 Å². The van der Waals surface area contributed by atoms with Crippen molar-refractivity contribution in [3.05, 3.63) is 29.3 Å². The number of anilines is 1. The quantitative estimate of drug-likeness (QED) is 0.874. The molecule has 1 aliphatic heterocycles. The second kappa shape index (κ2) is 6.18. The Morgan fingerprint density at radius 1 is 1.50 bits per heavy atom. The van der Waals surface area contributed by atoms with Crippen LogP contribution in [0.25, 0.3) is 0 Å². The molecule has 4 nitrogen and oxygen atoms in total. The van der Waals surface area contributed by atoms with Crippen LogP contribution < -0.4 is 10.6 Å². The summed E-state index contributed by atoms with van der Waals surface area (Å²) in [6.07, 6.45) is 0. The highest BCUT2D eigenvalue weighted by Gasteiger charge is 2.20. The molecule has 1 unspecified atom stereocenters. The van der Waals surface area contributed by atoms with Gasteiger partial charge in [-0.05, 0) is 31.2 Å². The van der Waals surface area contributed by atoms with E-state index in [9.17, 15) is 4.79 Å². The standard InChI is InChI=1S/C13H18ClN3O/c1-10-8-15-6-7-17(10)9-13(18)16-12-4-2-11(14)3-5-12/h2-5,10,15H,6-9H2,1H3,(H,16,18). The van der Waals surface area contributed by atoms with Crippen molar-refractivity contribution in [3.8, 4) is 0 Å². The molecular formula is C13H18ClN3O. The Labute approximate surface area is 112 Å². The number of carbonyl (C=O) groups excluding carboxylic acids is 1. The summed E-state index contributed by atoms with van der Waals surface area (Å²) >= 11 is 5.80. The van der Waals surface area contributed by atoms with Crippen LogP contribution in [0.15, 0.2) is 24.3 Å². The minimum atomic E-state index is 0.0195. The number of hydrogen-bond acceptors (Lipinski definition) is 3. The minimum absolute atomic E-state index is 0.0195. The summed E-state index contributed by atoms with van der Waals surface area (Å²) in [5.74, 6) is 0.0195. The summed E-state index contributed by atoms with van der Waals surface area (Å²) in [6, 6.07) is 7.55. The Bertz CT molecular complexity index is 407. The van der Waals surface area contributed by atoms with Gasteiger partial charge in [0.05, 0.1) is 6.54 Å². The number of halogens is 1. The molecule has 2 rings (SSSR count). The first kappa shape index (κ1) is 13.3. The molecule has 1 aromatic rings. The first-order chi connectivity index (χ1) is 8.65. The van der Waals surface area contributed by atoms with Crippen LogP contribution in [0.3, 0.4) is 0 Å². The van der Waals surface area contributed by atoms with E-state index in [-0.39, 0.29) is 5.91 Å². The first-order valence-electron chi connectivity index (χ1n) is 6.15. The van der Waals surface area contributed by atoms with Crippen LogP contribution in [0.4, 0.5) is 5.69 Å². The number of nitrogens with zero attached hydrogens (tertiary/aromatic N) is 1. The van der Waals surface area contributed by atoms with Gasteiger partial charge in [0, 0.05) is 36.4 Å². The molecule has 1 fully saturated rings. The van der Waals surface area contributed by atoms with Crippen LogP contribution in [0.5, 0.6) is 0 Å². The zero-order valence-electron chi connectivity index (χ0n) is 10.4. The highest BCUT2D eigenvalue weighted by Crippen LogP contribution is 2.13. The lowest BCUT2D eigenvalue weighted by Crippen LogP contribution is -2.51. The van der Waals surface area contributed by atoms with E-state index in [2.05, 4.69) is 22.5 Å². The Hall–Kier alpha value is -1.10. The lowest BCUT2D eigenvalue weighted by molar-refractivity contribution is -0.118. The van der Waals surface area contributed by atoms with E-state index in [1.54, 1.807) is 24.3 Å². The second-order valence-corrected chi connectivity index (χ2v) is 5.02. The molecule has 0 aliphatic carbocycles. The summed E-state index contributed by atoms with van der Waals surface area (Å²) in [6.45, 7) is 5.36.